The number of fused-ring (bicyclic) bond motifs is 1. The van der Waals surface area contributed by atoms with Crippen LogP contribution < -0.4 is 16.1 Å². The lowest BCUT2D eigenvalue weighted by atomic mass is 10.0. The van der Waals surface area contributed by atoms with Gasteiger partial charge in [-0.2, -0.15) is 0 Å². The second-order valence-electron chi connectivity index (χ2n) is 7.22. The molecule has 0 amide bonds. The molecule has 1 aliphatic carbocycles. The Morgan fingerprint density at radius 2 is 2.14 bits per heavy atom. The third kappa shape index (κ3) is 3.15. The number of aromatic carboxylic acids is 1. The van der Waals surface area contributed by atoms with Crippen LogP contribution in [-0.2, 0) is 0 Å². The molecule has 7 nitrogen and oxygen atoms in total. The molecule has 3 heterocycles. The molecule has 148 valence electrons. The summed E-state index contributed by atoms with van der Waals surface area (Å²) in [6.45, 7) is 0.479. The average molecular weight is 390 g/mol. The molecule has 2 fully saturated rings. The van der Waals surface area contributed by atoms with Gasteiger partial charge in [0.15, 0.2) is 11.6 Å². The molecular formula is C19H20F2N4O3. The highest BCUT2D eigenvalue weighted by Crippen LogP contribution is 2.37. The maximum Gasteiger partial charge on any atom is 0.341 e. The van der Waals surface area contributed by atoms with Crippen molar-refractivity contribution in [2.75, 3.05) is 24.5 Å². The van der Waals surface area contributed by atoms with Gasteiger partial charge in [0, 0.05) is 31.9 Å². The Labute approximate surface area is 159 Å². The molecule has 0 atom stereocenters. The predicted molar refractivity (Wildman–Crippen MR) is 99.8 cm³/mol. The Bertz CT molecular complexity index is 1060. The monoisotopic (exact) mass is 390 g/mol. The number of hydrogen-bond donors (Lipinski definition) is 2. The van der Waals surface area contributed by atoms with Crippen molar-refractivity contribution in [2.24, 2.45) is 5.73 Å². The molecule has 28 heavy (non-hydrogen) atoms. The first-order chi connectivity index (χ1) is 13.4. The van der Waals surface area contributed by atoms with Gasteiger partial charge in [0.2, 0.25) is 5.43 Å². The van der Waals surface area contributed by atoms with E-state index in [0.29, 0.717) is 25.0 Å². The van der Waals surface area contributed by atoms with E-state index in [2.05, 4.69) is 4.98 Å². The van der Waals surface area contributed by atoms with Gasteiger partial charge in [-0.25, -0.2) is 18.6 Å². The standard InChI is InChI=1S/C19H20F2N4O3/c20-14-6-12-16(26)13(19(27)28)9-25(11-3-4-11)17(12)23-18(14)24-5-1-2-10(8-24)15(21)7-22/h6,9,11H,1-5,7-8,22H2,(H,27,28)/b15-10+. The number of nitrogens with two attached hydrogens (primary N) is 1. The molecule has 0 aromatic carbocycles. The van der Waals surface area contributed by atoms with Crippen molar-refractivity contribution in [3.63, 3.8) is 0 Å². The number of halogens is 2. The highest BCUT2D eigenvalue weighted by atomic mass is 19.1. The molecule has 4 rings (SSSR count). The number of hydrogen-bond acceptors (Lipinski definition) is 5. The van der Waals surface area contributed by atoms with Crippen molar-refractivity contribution in [3.05, 3.63) is 45.3 Å². The topological polar surface area (TPSA) is 101 Å². The average Bonchev–Trinajstić information content (AvgIpc) is 3.52. The molecule has 1 saturated heterocycles. The minimum absolute atomic E-state index is 0.0337. The Morgan fingerprint density at radius 1 is 1.39 bits per heavy atom. The molecule has 0 bridgehead atoms. The van der Waals surface area contributed by atoms with Crippen molar-refractivity contribution in [3.8, 4) is 0 Å². The van der Waals surface area contributed by atoms with Gasteiger partial charge >= 0.3 is 5.97 Å². The number of carbonyl (C=O) groups is 1. The predicted octanol–water partition coefficient (Wildman–Crippen LogP) is 2.35. The van der Waals surface area contributed by atoms with E-state index in [1.807, 2.05) is 0 Å². The second kappa shape index (κ2) is 6.97. The van der Waals surface area contributed by atoms with Crippen LogP contribution in [0.25, 0.3) is 11.0 Å². The van der Waals surface area contributed by atoms with Crippen LogP contribution in [0.5, 0.6) is 0 Å². The van der Waals surface area contributed by atoms with Gasteiger partial charge in [0.25, 0.3) is 0 Å². The van der Waals surface area contributed by atoms with E-state index in [1.54, 1.807) is 9.47 Å². The third-order valence-electron chi connectivity index (χ3n) is 5.26. The first-order valence-electron chi connectivity index (χ1n) is 9.20. The van der Waals surface area contributed by atoms with Crippen molar-refractivity contribution in [1.82, 2.24) is 9.55 Å². The summed E-state index contributed by atoms with van der Waals surface area (Å²) in [5.74, 6) is -2.45. The Kier molecular flexibility index (Phi) is 4.62. The van der Waals surface area contributed by atoms with Crippen LogP contribution >= 0.6 is 0 Å². The molecule has 0 radical (unpaired) electrons. The summed E-state index contributed by atoms with van der Waals surface area (Å²) in [6.07, 6.45) is 4.15. The van der Waals surface area contributed by atoms with Gasteiger partial charge in [-0.05, 0) is 37.3 Å². The van der Waals surface area contributed by atoms with Crippen LogP contribution in [0, 0.1) is 5.82 Å². The maximum atomic E-state index is 14.8. The third-order valence-corrected chi connectivity index (χ3v) is 5.26. The summed E-state index contributed by atoms with van der Waals surface area (Å²) >= 11 is 0. The highest BCUT2D eigenvalue weighted by Gasteiger charge is 2.29. The number of pyridine rings is 2. The number of carboxylic acids is 1. The van der Waals surface area contributed by atoms with Crippen LogP contribution in [0.1, 0.15) is 42.1 Å². The SMILES string of the molecule is NC/C(F)=C1/CCCN(c2nc3c(cc2F)c(=O)c(C(=O)O)cn3C2CC2)C1. The number of nitrogens with zero attached hydrogens (tertiary/aromatic N) is 3. The van der Waals surface area contributed by atoms with E-state index < -0.39 is 28.6 Å². The van der Waals surface area contributed by atoms with Crippen LogP contribution in [0.3, 0.4) is 0 Å². The first kappa shape index (κ1) is 18.5. The fraction of sp³-hybridized carbons (Fsp3) is 0.421. The van der Waals surface area contributed by atoms with E-state index in [0.717, 1.165) is 18.9 Å². The van der Waals surface area contributed by atoms with E-state index in [-0.39, 0.29) is 36.0 Å². The van der Waals surface area contributed by atoms with Crippen LogP contribution in [0.4, 0.5) is 14.6 Å². The zero-order chi connectivity index (χ0) is 20.0. The van der Waals surface area contributed by atoms with E-state index in [1.165, 1.54) is 6.20 Å². The van der Waals surface area contributed by atoms with Gasteiger partial charge in [0.05, 0.1) is 5.39 Å². The Hall–Kier alpha value is -2.81. The van der Waals surface area contributed by atoms with Gasteiger partial charge in [-0.1, -0.05) is 0 Å². The number of aromatic nitrogens is 2. The van der Waals surface area contributed by atoms with Crippen molar-refractivity contribution < 1.29 is 18.7 Å². The summed E-state index contributed by atoms with van der Waals surface area (Å²) in [5.41, 5.74) is 5.00. The molecule has 1 saturated carbocycles. The molecule has 2 aliphatic rings. The normalized spacial score (nSPS) is 19.2. The fourth-order valence-electron chi connectivity index (χ4n) is 3.66. The van der Waals surface area contributed by atoms with Gasteiger partial charge in [-0.3, -0.25) is 4.79 Å². The largest absolute Gasteiger partial charge is 0.477 e. The lowest BCUT2D eigenvalue weighted by molar-refractivity contribution is 0.0695. The van der Waals surface area contributed by atoms with Crippen LogP contribution in [0.2, 0.25) is 0 Å². The Morgan fingerprint density at radius 3 is 2.79 bits per heavy atom. The number of anilines is 1. The van der Waals surface area contributed by atoms with Crippen molar-refractivity contribution in [1.29, 1.82) is 0 Å². The zero-order valence-corrected chi connectivity index (χ0v) is 15.1. The minimum atomic E-state index is -1.35. The lowest BCUT2D eigenvalue weighted by Crippen LogP contribution is -2.33. The summed E-state index contributed by atoms with van der Waals surface area (Å²) in [6, 6.07) is 1.08. The lowest BCUT2D eigenvalue weighted by Gasteiger charge is -2.30. The zero-order valence-electron chi connectivity index (χ0n) is 15.1. The maximum absolute atomic E-state index is 14.8. The van der Waals surface area contributed by atoms with Gasteiger partial charge in [-0.15, -0.1) is 0 Å². The number of rotatable bonds is 4. The number of carboxylic acid groups (broad SMARTS) is 1. The van der Waals surface area contributed by atoms with E-state index >= 15 is 0 Å². The minimum Gasteiger partial charge on any atom is -0.477 e. The summed E-state index contributed by atoms with van der Waals surface area (Å²) < 4.78 is 30.4. The molecule has 3 N–H and O–H groups in total. The summed E-state index contributed by atoms with van der Waals surface area (Å²) in [4.78, 5) is 29.9. The van der Waals surface area contributed by atoms with E-state index in [4.69, 9.17) is 5.73 Å². The smallest absolute Gasteiger partial charge is 0.341 e. The molecule has 1 aliphatic heterocycles. The molecule has 2 aromatic rings. The fourth-order valence-corrected chi connectivity index (χ4v) is 3.66. The molecule has 2 aromatic heterocycles. The quantitative estimate of drug-likeness (QED) is 0.831. The van der Waals surface area contributed by atoms with E-state index in [9.17, 15) is 23.5 Å². The molecule has 9 heteroatoms. The van der Waals surface area contributed by atoms with Crippen LogP contribution in [-0.4, -0.2) is 40.3 Å². The summed E-state index contributed by atoms with van der Waals surface area (Å²) in [7, 11) is 0. The van der Waals surface area contributed by atoms with Crippen molar-refractivity contribution in [2.45, 2.75) is 31.7 Å². The Balaban J connectivity index is 1.86. The first-order valence-corrected chi connectivity index (χ1v) is 9.20. The highest BCUT2D eigenvalue weighted by molar-refractivity contribution is 5.92. The second-order valence-corrected chi connectivity index (χ2v) is 7.22. The van der Waals surface area contributed by atoms with Gasteiger partial charge in [0.1, 0.15) is 17.0 Å². The molecule has 0 unspecified atom stereocenters. The molecule has 0 spiro atoms. The number of piperidine rings is 1. The molecular weight excluding hydrogens is 370 g/mol. The van der Waals surface area contributed by atoms with Crippen LogP contribution in [0.15, 0.2) is 28.5 Å². The van der Waals surface area contributed by atoms with Gasteiger partial charge < -0.3 is 20.3 Å². The van der Waals surface area contributed by atoms with Crippen molar-refractivity contribution >= 4 is 22.8 Å². The summed E-state index contributed by atoms with van der Waals surface area (Å²) in [5, 5.41) is 9.24.